The Kier molecular flexibility index (Phi) is 4.10. The zero-order valence-corrected chi connectivity index (χ0v) is 23.0. The number of aromatic nitrogens is 2. The highest BCUT2D eigenvalue weighted by molar-refractivity contribution is 6.30. The van der Waals surface area contributed by atoms with Gasteiger partial charge in [-0.15, -0.1) is 0 Å². The minimum Gasteiger partial charge on any atom is -0.455 e. The summed E-state index contributed by atoms with van der Waals surface area (Å²) in [6.45, 7) is 0. The van der Waals surface area contributed by atoms with E-state index in [1.807, 2.05) is 66.7 Å². The van der Waals surface area contributed by atoms with Crippen LogP contribution in [0.2, 0.25) is 0 Å². The highest BCUT2D eigenvalue weighted by Crippen LogP contribution is 2.91. The van der Waals surface area contributed by atoms with Crippen LogP contribution in [0.4, 0.5) is 5.95 Å². The molecule has 4 fully saturated rings. The molecule has 42 heavy (non-hydrogen) atoms. The molecular weight excluding hydrogens is 526 g/mol. The number of anilines is 1. The number of rotatable bonds is 2. The van der Waals surface area contributed by atoms with Crippen LogP contribution >= 0.6 is 0 Å². The zero-order valence-electron chi connectivity index (χ0n) is 23.0. The normalized spacial score (nSPS) is 28.5. The van der Waals surface area contributed by atoms with Gasteiger partial charge in [-0.05, 0) is 43.9 Å². The van der Waals surface area contributed by atoms with Crippen LogP contribution in [0.25, 0.3) is 55.3 Å². The van der Waals surface area contributed by atoms with Crippen molar-refractivity contribution in [3.8, 4) is 11.3 Å². The Labute approximate surface area is 240 Å². The number of benzene rings is 3. The van der Waals surface area contributed by atoms with Crippen molar-refractivity contribution in [2.75, 3.05) is 4.90 Å². The number of carbonyl (C=O) groups excluding carboxylic acids is 2. The van der Waals surface area contributed by atoms with Crippen LogP contribution in [-0.2, 0) is 9.59 Å². The lowest BCUT2D eigenvalue weighted by Crippen LogP contribution is -2.45. The van der Waals surface area contributed by atoms with E-state index in [0.717, 1.165) is 84.1 Å². The molecule has 2 atom stereocenters. The largest absolute Gasteiger partial charge is 0.455 e. The zero-order chi connectivity index (χ0) is 27.8. The lowest BCUT2D eigenvalue weighted by atomic mass is 9.73. The summed E-state index contributed by atoms with van der Waals surface area (Å²) in [5.74, 6) is -0.0874. The summed E-state index contributed by atoms with van der Waals surface area (Å²) in [6, 6.07) is 21.8. The molecule has 1 aliphatic heterocycles. The van der Waals surface area contributed by atoms with Crippen LogP contribution in [0.5, 0.6) is 0 Å². The molecule has 3 aromatic heterocycles. The standard InChI is InChI=1S/C35H27N3O4/c39-30-34-18-7-5-16-33(34)17-6-8-19-35(33,34)31(40)38(30)32-36-27(26-22-11-2-4-15-25(22)42-29(26)37-32)23-13-9-12-21-20-10-1-3-14-24(20)41-28(21)23/h1-4,9-15H,5-8,16-19H2. The lowest BCUT2D eigenvalue weighted by Gasteiger charge is -2.35. The molecule has 4 heterocycles. The van der Waals surface area contributed by atoms with Gasteiger partial charge in [-0.1, -0.05) is 74.2 Å². The molecule has 2 unspecified atom stereocenters. The summed E-state index contributed by atoms with van der Waals surface area (Å²) in [7, 11) is 0. The number of para-hydroxylation sites is 3. The molecule has 3 spiro atoms. The molecular formula is C35H27N3O4. The van der Waals surface area contributed by atoms with Crippen LogP contribution in [0.3, 0.4) is 0 Å². The predicted molar refractivity (Wildman–Crippen MR) is 159 cm³/mol. The lowest BCUT2D eigenvalue weighted by molar-refractivity contribution is -0.129. The number of nitrogens with zero attached hydrogens (tertiary/aromatic N) is 3. The van der Waals surface area contributed by atoms with Crippen molar-refractivity contribution in [2.45, 2.75) is 51.4 Å². The molecule has 6 aromatic rings. The molecule has 7 nitrogen and oxygen atoms in total. The quantitative estimate of drug-likeness (QED) is 0.202. The Balaban J connectivity index is 1.24. The van der Waals surface area contributed by atoms with Crippen molar-refractivity contribution in [1.82, 2.24) is 9.97 Å². The van der Waals surface area contributed by atoms with Gasteiger partial charge in [0.25, 0.3) is 0 Å². The molecule has 3 aliphatic carbocycles. The number of fused-ring (bicyclic) bond motifs is 6. The number of carbonyl (C=O) groups is 2. The van der Waals surface area contributed by atoms with Crippen molar-refractivity contribution in [1.29, 1.82) is 0 Å². The van der Waals surface area contributed by atoms with Crippen LogP contribution < -0.4 is 4.90 Å². The van der Waals surface area contributed by atoms with Gasteiger partial charge >= 0.3 is 0 Å². The molecule has 206 valence electrons. The monoisotopic (exact) mass is 553 g/mol. The fourth-order valence-electron chi connectivity index (χ4n) is 9.85. The van der Waals surface area contributed by atoms with E-state index in [0.29, 0.717) is 22.6 Å². The maximum absolute atomic E-state index is 14.5. The molecule has 0 radical (unpaired) electrons. The topological polar surface area (TPSA) is 89.4 Å². The van der Waals surface area contributed by atoms with E-state index in [4.69, 9.17) is 18.8 Å². The van der Waals surface area contributed by atoms with Crippen molar-refractivity contribution in [2.24, 2.45) is 16.2 Å². The molecule has 10 rings (SSSR count). The van der Waals surface area contributed by atoms with Crippen molar-refractivity contribution < 1.29 is 18.4 Å². The molecule has 3 aromatic carbocycles. The Hall–Kier alpha value is -4.52. The van der Waals surface area contributed by atoms with Gasteiger partial charge in [0.15, 0.2) is 0 Å². The van der Waals surface area contributed by atoms with Crippen LogP contribution in [0.1, 0.15) is 51.4 Å². The second-order valence-corrected chi connectivity index (χ2v) is 12.7. The van der Waals surface area contributed by atoms with Crippen molar-refractivity contribution >= 4 is 61.8 Å². The third-order valence-electron chi connectivity index (χ3n) is 11.3. The Morgan fingerprint density at radius 2 is 1.26 bits per heavy atom. The number of amides is 2. The van der Waals surface area contributed by atoms with Gasteiger partial charge in [0.05, 0.1) is 21.9 Å². The Bertz CT molecular complexity index is 2150. The summed E-state index contributed by atoms with van der Waals surface area (Å²) >= 11 is 0. The number of hydrogen-bond donors (Lipinski definition) is 0. The van der Waals surface area contributed by atoms with Gasteiger partial charge in [0.2, 0.25) is 23.5 Å². The molecule has 1 saturated heterocycles. The summed E-state index contributed by atoms with van der Waals surface area (Å²) in [5, 5.41) is 3.62. The van der Waals surface area contributed by atoms with Crippen LogP contribution in [-0.4, -0.2) is 21.8 Å². The number of imide groups is 1. The van der Waals surface area contributed by atoms with Crippen LogP contribution in [0, 0.1) is 16.2 Å². The average Bonchev–Trinajstić information content (AvgIpc) is 3.23. The third kappa shape index (κ3) is 2.33. The van der Waals surface area contributed by atoms with Gasteiger partial charge in [-0.2, -0.15) is 4.98 Å². The summed E-state index contributed by atoms with van der Waals surface area (Å²) in [6.07, 6.45) is 7.67. The predicted octanol–water partition coefficient (Wildman–Crippen LogP) is 7.94. The first-order valence-electron chi connectivity index (χ1n) is 15.1. The number of hydrogen-bond acceptors (Lipinski definition) is 6. The number of piperidine rings is 1. The minimum atomic E-state index is -0.600. The first-order chi connectivity index (χ1) is 20.6. The fraction of sp³-hybridized carbons (Fsp3) is 0.314. The highest BCUT2D eigenvalue weighted by Gasteiger charge is 2.96. The smallest absolute Gasteiger partial charge is 0.244 e. The Morgan fingerprint density at radius 3 is 2.00 bits per heavy atom. The van der Waals surface area contributed by atoms with Gasteiger partial charge in [0, 0.05) is 27.1 Å². The highest BCUT2D eigenvalue weighted by atomic mass is 16.3. The third-order valence-corrected chi connectivity index (χ3v) is 11.3. The fourth-order valence-corrected chi connectivity index (χ4v) is 9.85. The second kappa shape index (κ2) is 7.46. The van der Waals surface area contributed by atoms with E-state index in [-0.39, 0.29) is 23.2 Å². The molecule has 2 amide bonds. The van der Waals surface area contributed by atoms with E-state index in [2.05, 4.69) is 0 Å². The molecule has 0 N–H and O–H groups in total. The van der Waals surface area contributed by atoms with E-state index >= 15 is 0 Å². The van der Waals surface area contributed by atoms with E-state index in [1.165, 1.54) is 4.90 Å². The van der Waals surface area contributed by atoms with Crippen molar-refractivity contribution in [3.63, 3.8) is 0 Å². The maximum Gasteiger partial charge on any atom is 0.244 e. The summed E-state index contributed by atoms with van der Waals surface area (Å²) in [5.41, 5.74) is 2.52. The van der Waals surface area contributed by atoms with Gasteiger partial charge in [0.1, 0.15) is 16.7 Å². The molecule has 7 heteroatoms. The SMILES string of the molecule is O=C1N(c2nc(-c3cccc4c3oc3ccccc34)c3c(n2)oc2ccccc23)C(=O)C23CCCCC24CCCCC143. The summed E-state index contributed by atoms with van der Waals surface area (Å²) < 4.78 is 12.7. The average molecular weight is 554 g/mol. The van der Waals surface area contributed by atoms with Crippen molar-refractivity contribution in [3.05, 3.63) is 66.7 Å². The maximum atomic E-state index is 14.5. The molecule has 0 bridgehead atoms. The van der Waals surface area contributed by atoms with E-state index in [9.17, 15) is 9.59 Å². The summed E-state index contributed by atoms with van der Waals surface area (Å²) in [4.78, 5) is 40.3. The first-order valence-corrected chi connectivity index (χ1v) is 15.1. The minimum absolute atomic E-state index is 0.0996. The van der Waals surface area contributed by atoms with E-state index < -0.39 is 10.8 Å². The van der Waals surface area contributed by atoms with Crippen LogP contribution in [0.15, 0.2) is 75.6 Å². The molecule has 4 aliphatic rings. The van der Waals surface area contributed by atoms with Gasteiger partial charge < -0.3 is 8.83 Å². The Morgan fingerprint density at radius 1 is 0.643 bits per heavy atom. The molecule has 3 saturated carbocycles. The van der Waals surface area contributed by atoms with Gasteiger partial charge in [-0.25, -0.2) is 9.88 Å². The second-order valence-electron chi connectivity index (χ2n) is 12.7. The van der Waals surface area contributed by atoms with Gasteiger partial charge in [-0.3, -0.25) is 9.59 Å². The first kappa shape index (κ1) is 23.1. The number of furan rings is 2. The van der Waals surface area contributed by atoms with E-state index in [1.54, 1.807) is 0 Å².